The number of aliphatic hydroxyl groups is 2. The molecule has 1 saturated heterocycles. The molecule has 0 bridgehead atoms. The van der Waals surface area contributed by atoms with Gasteiger partial charge in [0.15, 0.2) is 0 Å². The molecule has 9 heteroatoms. The number of amides is 2. The van der Waals surface area contributed by atoms with Crippen LogP contribution < -0.4 is 14.8 Å². The van der Waals surface area contributed by atoms with Gasteiger partial charge in [-0.05, 0) is 55.8 Å². The van der Waals surface area contributed by atoms with Gasteiger partial charge < -0.3 is 29.3 Å². The highest BCUT2D eigenvalue weighted by atomic mass is 16.6. The number of aliphatic hydroxyl groups excluding tert-OH is 2. The molecular formula is C28H42N2O7. The Morgan fingerprint density at radius 3 is 2.30 bits per heavy atom. The highest BCUT2D eigenvalue weighted by molar-refractivity contribution is 5.85. The average molecular weight is 519 g/mol. The Hall–Kier alpha value is -2.52. The second-order valence-electron chi connectivity index (χ2n) is 11.4. The Morgan fingerprint density at radius 2 is 1.70 bits per heavy atom. The fourth-order valence-corrected chi connectivity index (χ4v) is 7.22. The van der Waals surface area contributed by atoms with E-state index < -0.39 is 23.7 Å². The summed E-state index contributed by atoms with van der Waals surface area (Å²) in [5, 5.41) is 24.4. The Kier molecular flexibility index (Phi) is 8.23. The van der Waals surface area contributed by atoms with Crippen molar-refractivity contribution in [3.05, 3.63) is 18.2 Å². The third-order valence-corrected chi connectivity index (χ3v) is 9.38. The van der Waals surface area contributed by atoms with E-state index >= 15 is 0 Å². The molecule has 1 aliphatic heterocycles. The minimum Gasteiger partial charge on any atom is -0.497 e. The molecule has 3 aliphatic rings. The van der Waals surface area contributed by atoms with Gasteiger partial charge in [-0.25, -0.2) is 4.79 Å². The van der Waals surface area contributed by atoms with Crippen molar-refractivity contribution in [3.8, 4) is 11.5 Å². The second kappa shape index (κ2) is 11.1. The molecule has 0 aromatic heterocycles. The number of methoxy groups -OCH3 is 2. The van der Waals surface area contributed by atoms with Crippen LogP contribution in [0.4, 0.5) is 10.5 Å². The van der Waals surface area contributed by atoms with Gasteiger partial charge in [0.05, 0.1) is 32.6 Å². The summed E-state index contributed by atoms with van der Waals surface area (Å²) in [7, 11) is 3.07. The summed E-state index contributed by atoms with van der Waals surface area (Å²) in [4.78, 5) is 27.9. The highest BCUT2D eigenvalue weighted by Gasteiger charge is 2.60. The third-order valence-electron chi connectivity index (χ3n) is 9.38. The van der Waals surface area contributed by atoms with Crippen molar-refractivity contribution in [3.63, 3.8) is 0 Å². The molecule has 4 rings (SSSR count). The zero-order valence-corrected chi connectivity index (χ0v) is 22.5. The van der Waals surface area contributed by atoms with E-state index in [1.807, 2.05) is 11.8 Å². The molecule has 37 heavy (non-hydrogen) atoms. The van der Waals surface area contributed by atoms with E-state index in [2.05, 4.69) is 12.2 Å². The number of ether oxygens (including phenoxy) is 3. The fraction of sp³-hybridized carbons (Fsp3) is 0.714. The maximum Gasteiger partial charge on any atom is 0.411 e. The predicted molar refractivity (Wildman–Crippen MR) is 139 cm³/mol. The van der Waals surface area contributed by atoms with E-state index in [1.54, 1.807) is 18.2 Å². The number of benzene rings is 1. The summed E-state index contributed by atoms with van der Waals surface area (Å²) < 4.78 is 16.5. The van der Waals surface area contributed by atoms with E-state index in [1.165, 1.54) is 14.2 Å². The molecule has 1 heterocycles. The minimum atomic E-state index is -0.703. The number of nitrogens with one attached hydrogen (secondary N) is 1. The number of hydrogen-bond acceptors (Lipinski definition) is 7. The Labute approximate surface area is 219 Å². The van der Waals surface area contributed by atoms with Crippen molar-refractivity contribution in [2.24, 2.45) is 22.7 Å². The van der Waals surface area contributed by atoms with Crippen LogP contribution in [0.1, 0.15) is 58.8 Å². The van der Waals surface area contributed by atoms with E-state index in [9.17, 15) is 19.8 Å². The normalized spacial score (nSPS) is 33.4. The Morgan fingerprint density at radius 1 is 1.05 bits per heavy atom. The lowest BCUT2D eigenvalue weighted by Gasteiger charge is -2.60. The van der Waals surface area contributed by atoms with E-state index in [0.29, 0.717) is 49.3 Å². The summed E-state index contributed by atoms with van der Waals surface area (Å²) in [6.07, 6.45) is 3.23. The molecule has 0 unspecified atom stereocenters. The molecule has 2 saturated carbocycles. The summed E-state index contributed by atoms with van der Waals surface area (Å²) in [5.74, 6) is 0.996. The van der Waals surface area contributed by atoms with Gasteiger partial charge in [-0.15, -0.1) is 0 Å². The van der Waals surface area contributed by atoms with Crippen LogP contribution in [0.2, 0.25) is 0 Å². The molecule has 2 amide bonds. The largest absolute Gasteiger partial charge is 0.497 e. The van der Waals surface area contributed by atoms with Gasteiger partial charge in [-0.1, -0.05) is 13.8 Å². The van der Waals surface area contributed by atoms with Gasteiger partial charge in [0.25, 0.3) is 0 Å². The molecule has 6 atom stereocenters. The smallest absolute Gasteiger partial charge is 0.411 e. The number of likely N-dealkylation sites (tertiary alicyclic amines) is 1. The number of anilines is 1. The van der Waals surface area contributed by atoms with Crippen LogP contribution in [0.15, 0.2) is 18.2 Å². The minimum absolute atomic E-state index is 0.00626. The fourth-order valence-electron chi connectivity index (χ4n) is 7.22. The molecule has 3 N–H and O–H groups in total. The lowest BCUT2D eigenvalue weighted by atomic mass is 9.46. The highest BCUT2D eigenvalue weighted by Crippen LogP contribution is 2.61. The van der Waals surface area contributed by atoms with Crippen molar-refractivity contribution in [1.82, 2.24) is 4.90 Å². The first kappa shape index (κ1) is 27.5. The first-order valence-electron chi connectivity index (χ1n) is 13.4. The first-order chi connectivity index (χ1) is 17.6. The number of carbonyl (C=O) groups is 2. The molecule has 2 aliphatic carbocycles. The molecule has 3 fully saturated rings. The molecule has 0 spiro atoms. The van der Waals surface area contributed by atoms with Gasteiger partial charge in [-0.3, -0.25) is 10.1 Å². The molecule has 1 aromatic rings. The lowest BCUT2D eigenvalue weighted by molar-refractivity contribution is -0.186. The maximum absolute atomic E-state index is 13.1. The van der Waals surface area contributed by atoms with E-state index in [-0.39, 0.29) is 29.8 Å². The second-order valence-corrected chi connectivity index (χ2v) is 11.4. The molecule has 9 nitrogen and oxygen atoms in total. The van der Waals surface area contributed by atoms with Crippen LogP contribution in [-0.4, -0.2) is 73.2 Å². The van der Waals surface area contributed by atoms with Crippen LogP contribution in [-0.2, 0) is 9.53 Å². The number of nitrogens with zero attached hydrogens (tertiary/aromatic N) is 1. The van der Waals surface area contributed by atoms with Crippen LogP contribution in [0.25, 0.3) is 0 Å². The van der Waals surface area contributed by atoms with Gasteiger partial charge in [0, 0.05) is 43.1 Å². The molecule has 206 valence electrons. The molecular weight excluding hydrogens is 476 g/mol. The van der Waals surface area contributed by atoms with E-state index in [0.717, 1.165) is 25.9 Å². The quantitative estimate of drug-likeness (QED) is 0.502. The summed E-state index contributed by atoms with van der Waals surface area (Å²) in [6.45, 7) is 5.55. The number of fused-ring (bicyclic) bond motifs is 1. The Balaban J connectivity index is 1.49. The van der Waals surface area contributed by atoms with Crippen LogP contribution in [0.3, 0.4) is 0 Å². The van der Waals surface area contributed by atoms with Gasteiger partial charge in [-0.2, -0.15) is 0 Å². The third kappa shape index (κ3) is 5.39. The standard InChI is InChI=1S/C28H42N2O7/c1-27-10-9-24(37-26(34)29-18-13-19(35-3)15-20(14-18)36-4)28(2,17-31)23(27)8-7-22(32)21(27)16-25(33)30-11-5-6-12-30/h13-15,21-24,31-32H,5-12,16-17H2,1-4H3,(H,29,34)/t21-,22-,23+,24-,27+,28+/m1/s1. The lowest BCUT2D eigenvalue weighted by Crippen LogP contribution is -2.61. The zero-order chi connectivity index (χ0) is 26.8. The van der Waals surface area contributed by atoms with Crippen molar-refractivity contribution < 1.29 is 34.0 Å². The topological polar surface area (TPSA) is 118 Å². The number of carbonyl (C=O) groups excluding carboxylic acids is 2. The average Bonchev–Trinajstić information content (AvgIpc) is 3.43. The first-order valence-corrected chi connectivity index (χ1v) is 13.4. The van der Waals surface area contributed by atoms with Crippen molar-refractivity contribution in [2.75, 3.05) is 39.2 Å². The summed E-state index contributed by atoms with van der Waals surface area (Å²) in [6, 6.07) is 5.07. The zero-order valence-electron chi connectivity index (χ0n) is 22.5. The van der Waals surface area contributed by atoms with E-state index in [4.69, 9.17) is 14.2 Å². The van der Waals surface area contributed by atoms with Crippen LogP contribution >= 0.6 is 0 Å². The van der Waals surface area contributed by atoms with Gasteiger partial charge in [0.1, 0.15) is 17.6 Å². The number of rotatable bonds is 7. The Bertz CT molecular complexity index is 959. The predicted octanol–water partition coefficient (Wildman–Crippen LogP) is 3.82. The maximum atomic E-state index is 13.1. The van der Waals surface area contributed by atoms with Crippen LogP contribution in [0.5, 0.6) is 11.5 Å². The van der Waals surface area contributed by atoms with Crippen molar-refractivity contribution >= 4 is 17.7 Å². The number of hydrogen-bond donors (Lipinski definition) is 3. The SMILES string of the molecule is COc1cc(NC(=O)O[C@@H]2CC[C@]3(C)[C@H](CC[C@@H](O)[C@H]3CC(=O)N3CCCC3)[C@]2(C)CO)cc(OC)c1. The van der Waals surface area contributed by atoms with Gasteiger partial charge in [0.2, 0.25) is 5.91 Å². The monoisotopic (exact) mass is 518 g/mol. The van der Waals surface area contributed by atoms with Crippen molar-refractivity contribution in [2.45, 2.75) is 71.0 Å². The van der Waals surface area contributed by atoms with Crippen LogP contribution in [0, 0.1) is 22.7 Å². The summed E-state index contributed by atoms with van der Waals surface area (Å²) in [5.41, 5.74) is -0.569. The van der Waals surface area contributed by atoms with Crippen molar-refractivity contribution in [1.29, 1.82) is 0 Å². The molecule has 1 aromatic carbocycles. The summed E-state index contributed by atoms with van der Waals surface area (Å²) >= 11 is 0. The van der Waals surface area contributed by atoms with Gasteiger partial charge >= 0.3 is 6.09 Å². The molecule has 0 radical (unpaired) electrons.